The molecule has 0 spiro atoms. The number of aromatic nitrogens is 6. The summed E-state index contributed by atoms with van der Waals surface area (Å²) in [6, 6.07) is 7.59. The van der Waals surface area contributed by atoms with Crippen LogP contribution in [0.4, 0.5) is 10.7 Å². The van der Waals surface area contributed by atoms with Gasteiger partial charge in [0.25, 0.3) is 5.56 Å². The van der Waals surface area contributed by atoms with E-state index in [9.17, 15) is 14.4 Å². The summed E-state index contributed by atoms with van der Waals surface area (Å²) in [6.07, 6.45) is 0.173. The number of anilines is 1. The first-order chi connectivity index (χ1) is 18.3. The number of benzene rings is 1. The van der Waals surface area contributed by atoms with Gasteiger partial charge < -0.3 is 15.4 Å². The lowest BCUT2D eigenvalue weighted by Crippen LogP contribution is -2.42. The van der Waals surface area contributed by atoms with Gasteiger partial charge in [0.1, 0.15) is 11.9 Å². The summed E-state index contributed by atoms with van der Waals surface area (Å²) in [6.45, 7) is 4.68. The fraction of sp³-hybridized carbons (Fsp3) is 0.385. The highest BCUT2D eigenvalue weighted by molar-refractivity contribution is 5.80. The van der Waals surface area contributed by atoms with E-state index in [1.807, 2.05) is 36.1 Å². The Bertz CT molecular complexity index is 1740. The second-order valence-corrected chi connectivity index (χ2v) is 9.22. The fourth-order valence-corrected chi connectivity index (χ4v) is 4.94. The molecule has 0 saturated carbocycles. The number of aryl methyl sites for hydroxylation is 2. The molecule has 1 aromatic carbocycles. The molecule has 1 fully saturated rings. The van der Waals surface area contributed by atoms with E-state index in [0.29, 0.717) is 31.3 Å². The van der Waals surface area contributed by atoms with Gasteiger partial charge in [-0.2, -0.15) is 4.98 Å². The van der Waals surface area contributed by atoms with E-state index >= 15 is 0 Å². The van der Waals surface area contributed by atoms with Crippen LogP contribution in [-0.2, 0) is 24.9 Å². The van der Waals surface area contributed by atoms with Crippen LogP contribution in [0, 0.1) is 18.8 Å². The van der Waals surface area contributed by atoms with E-state index in [0.717, 1.165) is 27.6 Å². The van der Waals surface area contributed by atoms with Crippen molar-refractivity contribution < 1.29 is 9.53 Å². The monoisotopic (exact) mass is 516 g/mol. The van der Waals surface area contributed by atoms with Crippen molar-refractivity contribution in [2.45, 2.75) is 45.9 Å². The molecule has 0 radical (unpaired) electrons. The molecule has 3 aromatic heterocycles. The van der Waals surface area contributed by atoms with Crippen molar-refractivity contribution in [1.29, 1.82) is 0 Å². The van der Waals surface area contributed by atoms with Crippen LogP contribution < -0.4 is 21.9 Å². The Morgan fingerprint density at radius 3 is 2.74 bits per heavy atom. The minimum absolute atomic E-state index is 0.0919. The minimum atomic E-state index is -0.835. The van der Waals surface area contributed by atoms with E-state index in [1.165, 1.54) is 4.57 Å². The molecule has 196 valence electrons. The highest BCUT2D eigenvalue weighted by Crippen LogP contribution is 2.24. The molecule has 1 amide bonds. The number of nitrogens with zero attached hydrogens (tertiary/aromatic N) is 7. The molecular weight excluding hydrogens is 488 g/mol. The van der Waals surface area contributed by atoms with Gasteiger partial charge in [-0.1, -0.05) is 24.1 Å². The standard InChI is InChI=1S/C26H28N8O4/c1-4-5-13-33-21-22(30-25(33)32-12-8-9-17(14-32)38-24(27)36)31(3)26(37)34(23(21)35)15-20-28-16(2)18-10-6-7-11-19(18)29-20/h6-7,10-11,17H,8-9,12-15H2,1-3H3,(H2,27,36)/t17-/m1/s1. The van der Waals surface area contributed by atoms with Crippen molar-refractivity contribution in [3.63, 3.8) is 0 Å². The zero-order chi connectivity index (χ0) is 27.0. The van der Waals surface area contributed by atoms with Gasteiger partial charge in [-0.15, -0.1) is 5.92 Å². The third-order valence-electron chi connectivity index (χ3n) is 6.71. The Balaban J connectivity index is 1.64. The predicted molar refractivity (Wildman–Crippen MR) is 142 cm³/mol. The first kappa shape index (κ1) is 25.0. The van der Waals surface area contributed by atoms with Crippen molar-refractivity contribution in [2.24, 2.45) is 12.8 Å². The molecule has 4 heterocycles. The first-order valence-electron chi connectivity index (χ1n) is 12.3. The van der Waals surface area contributed by atoms with Crippen LogP contribution in [-0.4, -0.2) is 53.9 Å². The maximum atomic E-state index is 13.8. The Hall–Kier alpha value is -4.66. The average molecular weight is 517 g/mol. The number of hydrogen-bond acceptors (Lipinski definition) is 8. The van der Waals surface area contributed by atoms with Crippen LogP contribution in [0.3, 0.4) is 0 Å². The molecule has 5 rings (SSSR count). The number of carbonyl (C=O) groups excluding carboxylic acids is 1. The number of piperidine rings is 1. The molecule has 0 bridgehead atoms. The van der Waals surface area contributed by atoms with Crippen LogP contribution in [0.25, 0.3) is 22.1 Å². The summed E-state index contributed by atoms with van der Waals surface area (Å²) >= 11 is 0. The number of imidazole rings is 1. The summed E-state index contributed by atoms with van der Waals surface area (Å²) in [5.41, 5.74) is 6.20. The zero-order valence-electron chi connectivity index (χ0n) is 21.5. The van der Waals surface area contributed by atoms with E-state index in [4.69, 9.17) is 15.5 Å². The van der Waals surface area contributed by atoms with Crippen LogP contribution in [0.1, 0.15) is 31.3 Å². The van der Waals surface area contributed by atoms with E-state index in [1.54, 1.807) is 18.5 Å². The van der Waals surface area contributed by atoms with E-state index in [-0.39, 0.29) is 24.3 Å². The normalized spacial score (nSPS) is 15.4. The lowest BCUT2D eigenvalue weighted by Gasteiger charge is -2.32. The number of amides is 1. The van der Waals surface area contributed by atoms with E-state index in [2.05, 4.69) is 21.8 Å². The van der Waals surface area contributed by atoms with Crippen LogP contribution >= 0.6 is 0 Å². The second kappa shape index (κ2) is 10.0. The lowest BCUT2D eigenvalue weighted by atomic mass is 10.1. The maximum absolute atomic E-state index is 13.8. The molecule has 1 aliphatic rings. The number of rotatable bonds is 5. The first-order valence-corrected chi connectivity index (χ1v) is 12.3. The molecule has 1 aliphatic heterocycles. The average Bonchev–Trinajstić information content (AvgIpc) is 3.28. The fourth-order valence-electron chi connectivity index (χ4n) is 4.94. The number of carbonyl (C=O) groups is 1. The number of nitrogens with two attached hydrogens (primary N) is 1. The van der Waals surface area contributed by atoms with Gasteiger partial charge in [0.15, 0.2) is 11.2 Å². The topological polar surface area (TPSA) is 143 Å². The minimum Gasteiger partial charge on any atom is -0.445 e. The van der Waals surface area contributed by atoms with Crippen LogP contribution in [0.15, 0.2) is 33.9 Å². The Kier molecular flexibility index (Phi) is 6.59. The molecule has 12 heteroatoms. The SMILES string of the molecule is CC#CCn1c(N2CCC[C@@H](OC(N)=O)C2)nc2c1c(=O)n(Cc1nc(C)c3ccccc3n1)c(=O)n2C. The van der Waals surface area contributed by atoms with Crippen molar-refractivity contribution in [3.8, 4) is 11.8 Å². The molecule has 2 N–H and O–H groups in total. The third kappa shape index (κ3) is 4.47. The van der Waals surface area contributed by atoms with Gasteiger partial charge in [-0.25, -0.2) is 19.6 Å². The summed E-state index contributed by atoms with van der Waals surface area (Å²) in [5, 5.41) is 0.910. The van der Waals surface area contributed by atoms with E-state index < -0.39 is 23.4 Å². The largest absolute Gasteiger partial charge is 0.445 e. The van der Waals surface area contributed by atoms with Gasteiger partial charge in [-0.3, -0.25) is 18.5 Å². The van der Waals surface area contributed by atoms with Gasteiger partial charge in [0.05, 0.1) is 25.2 Å². The van der Waals surface area contributed by atoms with Gasteiger partial charge in [0, 0.05) is 24.7 Å². The van der Waals surface area contributed by atoms with Gasteiger partial charge in [0.2, 0.25) is 5.95 Å². The Labute approximate surface area is 217 Å². The molecule has 1 saturated heterocycles. The smallest absolute Gasteiger partial charge is 0.404 e. The molecule has 4 aromatic rings. The second-order valence-electron chi connectivity index (χ2n) is 9.22. The number of fused-ring (bicyclic) bond motifs is 2. The quantitative estimate of drug-likeness (QED) is 0.391. The summed E-state index contributed by atoms with van der Waals surface area (Å²) in [4.78, 5) is 54.2. The highest BCUT2D eigenvalue weighted by atomic mass is 16.6. The van der Waals surface area contributed by atoms with Crippen molar-refractivity contribution in [1.82, 2.24) is 28.7 Å². The Morgan fingerprint density at radius 1 is 1.18 bits per heavy atom. The predicted octanol–water partition coefficient (Wildman–Crippen LogP) is 1.28. The van der Waals surface area contributed by atoms with Gasteiger partial charge >= 0.3 is 11.8 Å². The maximum Gasteiger partial charge on any atom is 0.404 e. The number of ether oxygens (including phenoxy) is 1. The summed E-state index contributed by atoms with van der Waals surface area (Å²) in [5.74, 6) is 6.70. The van der Waals surface area contributed by atoms with Crippen molar-refractivity contribution in [2.75, 3.05) is 18.0 Å². The summed E-state index contributed by atoms with van der Waals surface area (Å²) in [7, 11) is 1.58. The number of para-hydroxylation sites is 1. The molecular formula is C26H28N8O4. The van der Waals surface area contributed by atoms with Gasteiger partial charge in [-0.05, 0) is 32.8 Å². The molecule has 0 aliphatic carbocycles. The van der Waals surface area contributed by atoms with Crippen molar-refractivity contribution >= 4 is 34.1 Å². The Morgan fingerprint density at radius 2 is 1.97 bits per heavy atom. The lowest BCUT2D eigenvalue weighted by molar-refractivity contribution is 0.0962. The number of primary amides is 1. The number of hydrogen-bond donors (Lipinski definition) is 1. The molecule has 0 unspecified atom stereocenters. The zero-order valence-corrected chi connectivity index (χ0v) is 21.5. The summed E-state index contributed by atoms with van der Waals surface area (Å²) < 4.78 is 9.42. The van der Waals surface area contributed by atoms with Crippen LogP contribution in [0.2, 0.25) is 0 Å². The highest BCUT2D eigenvalue weighted by Gasteiger charge is 2.28. The molecule has 38 heavy (non-hydrogen) atoms. The van der Waals surface area contributed by atoms with Crippen LogP contribution in [0.5, 0.6) is 0 Å². The third-order valence-corrected chi connectivity index (χ3v) is 6.71. The van der Waals surface area contributed by atoms with Crippen molar-refractivity contribution in [3.05, 3.63) is 56.6 Å². The molecule has 1 atom stereocenters. The molecule has 12 nitrogen and oxygen atoms in total.